The summed E-state index contributed by atoms with van der Waals surface area (Å²) in [6.45, 7) is -0.259. The van der Waals surface area contributed by atoms with Gasteiger partial charge in [0, 0.05) is 24.2 Å². The second-order valence-electron chi connectivity index (χ2n) is 5.73. The van der Waals surface area contributed by atoms with E-state index < -0.39 is 5.91 Å². The molecular weight excluding hydrogens is 298 g/mol. The molecule has 1 aromatic carbocycles. The lowest BCUT2D eigenvalue weighted by Crippen LogP contribution is -2.28. The number of hydrogen-bond donors (Lipinski definition) is 3. The van der Waals surface area contributed by atoms with Gasteiger partial charge in [0.25, 0.3) is 5.91 Å². The third kappa shape index (κ3) is 4.85. The highest BCUT2D eigenvalue weighted by atomic mass is 16.5. The number of benzene rings is 1. The molecule has 1 aliphatic carbocycles. The van der Waals surface area contributed by atoms with E-state index in [2.05, 4.69) is 5.32 Å². The minimum atomic E-state index is -0.586. The first-order chi connectivity index (χ1) is 11.0. The summed E-state index contributed by atoms with van der Waals surface area (Å²) in [5, 5.41) is 2.82. The van der Waals surface area contributed by atoms with Crippen molar-refractivity contribution in [1.82, 2.24) is 0 Å². The van der Waals surface area contributed by atoms with E-state index in [1.807, 2.05) is 0 Å². The van der Waals surface area contributed by atoms with Gasteiger partial charge >= 0.3 is 0 Å². The number of primary amides is 1. The molecule has 7 heteroatoms. The van der Waals surface area contributed by atoms with Crippen LogP contribution in [0, 0.1) is 5.92 Å². The minimum Gasteiger partial charge on any atom is -0.493 e. The molecule has 1 aliphatic rings. The van der Waals surface area contributed by atoms with Crippen molar-refractivity contribution in [3.8, 4) is 11.5 Å². The molecule has 0 spiro atoms. The number of carbonyl (C=O) groups is 2. The zero-order chi connectivity index (χ0) is 16.8. The molecule has 0 radical (unpaired) electrons. The molecule has 2 amide bonds. The maximum Gasteiger partial charge on any atom is 0.255 e. The van der Waals surface area contributed by atoms with Crippen LogP contribution in [0.4, 0.5) is 5.69 Å². The molecule has 7 nitrogen and oxygen atoms in total. The van der Waals surface area contributed by atoms with Crippen LogP contribution in [0.15, 0.2) is 18.2 Å². The number of nitrogens with two attached hydrogens (primary N) is 2. The van der Waals surface area contributed by atoms with Crippen LogP contribution in [0.2, 0.25) is 0 Å². The first kappa shape index (κ1) is 17.1. The average molecular weight is 321 g/mol. The van der Waals surface area contributed by atoms with E-state index in [1.165, 1.54) is 7.11 Å². The highest BCUT2D eigenvalue weighted by molar-refractivity contribution is 5.91. The fourth-order valence-electron chi connectivity index (χ4n) is 2.79. The van der Waals surface area contributed by atoms with E-state index in [9.17, 15) is 9.59 Å². The van der Waals surface area contributed by atoms with Crippen molar-refractivity contribution in [2.45, 2.75) is 31.7 Å². The highest BCUT2D eigenvalue weighted by Gasteiger charge is 2.26. The Labute approximate surface area is 135 Å². The first-order valence-corrected chi connectivity index (χ1v) is 7.64. The summed E-state index contributed by atoms with van der Waals surface area (Å²) in [7, 11) is 1.49. The maximum atomic E-state index is 12.1. The number of methoxy groups -OCH3 is 1. The zero-order valence-electron chi connectivity index (χ0n) is 13.2. The van der Waals surface area contributed by atoms with Crippen LogP contribution in [-0.4, -0.2) is 31.6 Å². The lowest BCUT2D eigenvalue weighted by Gasteiger charge is -2.16. The van der Waals surface area contributed by atoms with Crippen LogP contribution in [-0.2, 0) is 9.59 Å². The number of hydrogen-bond acceptors (Lipinski definition) is 5. The van der Waals surface area contributed by atoms with Gasteiger partial charge in [-0.25, -0.2) is 0 Å². The monoisotopic (exact) mass is 321 g/mol. The van der Waals surface area contributed by atoms with Gasteiger partial charge in [-0.1, -0.05) is 6.42 Å². The molecule has 23 heavy (non-hydrogen) atoms. The Morgan fingerprint density at radius 3 is 2.70 bits per heavy atom. The summed E-state index contributed by atoms with van der Waals surface area (Å²) in [5.74, 6) is 0.373. The maximum absolute atomic E-state index is 12.1. The molecule has 0 unspecified atom stereocenters. The van der Waals surface area contributed by atoms with Crippen LogP contribution in [0.25, 0.3) is 0 Å². The normalized spacial score (nSPS) is 20.1. The molecule has 0 aliphatic heterocycles. The molecule has 1 aromatic rings. The fourth-order valence-corrected chi connectivity index (χ4v) is 2.79. The number of ether oxygens (including phenoxy) is 2. The molecule has 2 rings (SSSR count). The van der Waals surface area contributed by atoms with Crippen LogP contribution >= 0.6 is 0 Å². The van der Waals surface area contributed by atoms with Crippen molar-refractivity contribution in [3.05, 3.63) is 18.2 Å². The molecule has 1 fully saturated rings. The summed E-state index contributed by atoms with van der Waals surface area (Å²) >= 11 is 0. The van der Waals surface area contributed by atoms with Gasteiger partial charge in [0.2, 0.25) is 5.91 Å². The average Bonchev–Trinajstić information content (AvgIpc) is 2.90. The molecular formula is C16H23N3O4. The summed E-state index contributed by atoms with van der Waals surface area (Å²) < 4.78 is 10.4. The van der Waals surface area contributed by atoms with Gasteiger partial charge in [-0.05, 0) is 30.9 Å². The second-order valence-corrected chi connectivity index (χ2v) is 5.73. The van der Waals surface area contributed by atoms with Crippen LogP contribution in [0.5, 0.6) is 11.5 Å². The summed E-state index contributed by atoms with van der Waals surface area (Å²) in [6, 6.07) is 5.08. The number of rotatable bonds is 7. The van der Waals surface area contributed by atoms with E-state index in [0.29, 0.717) is 23.6 Å². The van der Waals surface area contributed by atoms with E-state index in [1.54, 1.807) is 18.2 Å². The van der Waals surface area contributed by atoms with Crippen LogP contribution in [0.1, 0.15) is 25.7 Å². The van der Waals surface area contributed by atoms with Crippen LogP contribution in [0.3, 0.4) is 0 Å². The number of anilines is 1. The molecule has 0 aromatic heterocycles. The SMILES string of the molecule is COc1ccc(NC(=O)C[C@@H]2CCC[C@H]2N)cc1OCC(N)=O. The smallest absolute Gasteiger partial charge is 0.255 e. The lowest BCUT2D eigenvalue weighted by atomic mass is 10.00. The Morgan fingerprint density at radius 1 is 1.30 bits per heavy atom. The Hall–Kier alpha value is -2.28. The van der Waals surface area contributed by atoms with Gasteiger partial charge in [0.15, 0.2) is 18.1 Å². The predicted molar refractivity (Wildman–Crippen MR) is 86.2 cm³/mol. The van der Waals surface area contributed by atoms with Crippen molar-refractivity contribution in [2.24, 2.45) is 17.4 Å². The largest absolute Gasteiger partial charge is 0.493 e. The van der Waals surface area contributed by atoms with Gasteiger partial charge in [-0.15, -0.1) is 0 Å². The van der Waals surface area contributed by atoms with Crippen molar-refractivity contribution in [3.63, 3.8) is 0 Å². The van der Waals surface area contributed by atoms with E-state index >= 15 is 0 Å². The second kappa shape index (κ2) is 7.82. The quantitative estimate of drug-likeness (QED) is 0.693. The molecule has 2 atom stereocenters. The molecule has 0 bridgehead atoms. The molecule has 126 valence electrons. The van der Waals surface area contributed by atoms with Gasteiger partial charge < -0.3 is 26.3 Å². The van der Waals surface area contributed by atoms with Crippen molar-refractivity contribution in [2.75, 3.05) is 19.0 Å². The Morgan fingerprint density at radius 2 is 2.09 bits per heavy atom. The summed E-state index contributed by atoms with van der Waals surface area (Å²) in [5.41, 5.74) is 11.6. The third-order valence-corrected chi connectivity index (χ3v) is 3.98. The van der Waals surface area contributed by atoms with Crippen molar-refractivity contribution >= 4 is 17.5 Å². The molecule has 0 saturated heterocycles. The van der Waals surface area contributed by atoms with Crippen LogP contribution < -0.4 is 26.3 Å². The molecule has 1 saturated carbocycles. The van der Waals surface area contributed by atoms with Crippen molar-refractivity contribution < 1.29 is 19.1 Å². The Bertz CT molecular complexity index is 576. The standard InChI is InChI=1S/C16H23N3O4/c1-22-13-6-5-11(8-14(13)23-9-15(18)20)19-16(21)7-10-3-2-4-12(10)17/h5-6,8,10,12H,2-4,7,9,17H2,1H3,(H2,18,20)(H,19,21)/t10-,12+/m0/s1. The lowest BCUT2D eigenvalue weighted by molar-refractivity contribution is -0.120. The van der Waals surface area contributed by atoms with Gasteiger partial charge in [-0.3, -0.25) is 9.59 Å². The zero-order valence-corrected chi connectivity index (χ0v) is 13.2. The topological polar surface area (TPSA) is 117 Å². The fraction of sp³-hybridized carbons (Fsp3) is 0.500. The Balaban J connectivity index is 1.99. The van der Waals surface area contributed by atoms with Gasteiger partial charge in [0.05, 0.1) is 7.11 Å². The van der Waals surface area contributed by atoms with E-state index in [-0.39, 0.29) is 24.5 Å². The van der Waals surface area contributed by atoms with E-state index in [0.717, 1.165) is 19.3 Å². The number of carbonyl (C=O) groups excluding carboxylic acids is 2. The summed E-state index contributed by atoms with van der Waals surface area (Å²) in [4.78, 5) is 23.0. The van der Waals surface area contributed by atoms with Gasteiger partial charge in [-0.2, -0.15) is 0 Å². The predicted octanol–water partition coefficient (Wildman–Crippen LogP) is 1.02. The third-order valence-electron chi connectivity index (χ3n) is 3.98. The van der Waals surface area contributed by atoms with Crippen molar-refractivity contribution in [1.29, 1.82) is 0 Å². The van der Waals surface area contributed by atoms with Gasteiger partial charge in [0.1, 0.15) is 0 Å². The molecule has 5 N–H and O–H groups in total. The summed E-state index contributed by atoms with van der Waals surface area (Å²) in [6.07, 6.45) is 3.45. The number of amides is 2. The van der Waals surface area contributed by atoms with E-state index in [4.69, 9.17) is 20.9 Å². The molecule has 0 heterocycles. The highest BCUT2D eigenvalue weighted by Crippen LogP contribution is 2.31. The number of nitrogens with one attached hydrogen (secondary N) is 1. The first-order valence-electron chi connectivity index (χ1n) is 7.64. The minimum absolute atomic E-state index is 0.0848. The Kier molecular flexibility index (Phi) is 5.81.